The van der Waals surface area contributed by atoms with E-state index in [1.807, 2.05) is 23.7 Å². The molecule has 0 atom stereocenters. The van der Waals surface area contributed by atoms with Crippen LogP contribution in [0, 0.1) is 5.92 Å². The Morgan fingerprint density at radius 2 is 1.89 bits per heavy atom. The lowest BCUT2D eigenvalue weighted by molar-refractivity contribution is -0.138. The fourth-order valence-corrected chi connectivity index (χ4v) is 6.13. The molecular formula is C27H27F3N4O2. The minimum Gasteiger partial charge on any atom is -0.392 e. The van der Waals surface area contributed by atoms with Crippen molar-refractivity contribution in [1.82, 2.24) is 14.8 Å². The first kappa shape index (κ1) is 23.2. The summed E-state index contributed by atoms with van der Waals surface area (Å²) < 4.78 is 43.5. The van der Waals surface area contributed by atoms with Gasteiger partial charge in [-0.3, -0.25) is 4.79 Å². The van der Waals surface area contributed by atoms with E-state index >= 15 is 0 Å². The Labute approximate surface area is 206 Å². The topological polar surface area (TPSA) is 71.2 Å². The van der Waals surface area contributed by atoms with Crippen molar-refractivity contribution < 1.29 is 23.1 Å². The van der Waals surface area contributed by atoms with Crippen molar-refractivity contribution in [3.63, 3.8) is 0 Å². The van der Waals surface area contributed by atoms with Crippen LogP contribution in [0.2, 0.25) is 0 Å². The first-order valence-corrected chi connectivity index (χ1v) is 12.3. The number of fused-ring (bicyclic) bond motifs is 1. The summed E-state index contributed by atoms with van der Waals surface area (Å²) in [5.41, 5.74) is 1.59. The van der Waals surface area contributed by atoms with Crippen LogP contribution in [0.4, 0.5) is 18.9 Å². The number of hydrogen-bond acceptors (Lipinski definition) is 4. The molecular weight excluding hydrogens is 469 g/mol. The number of hydrogen-bond donors (Lipinski definition) is 1. The third-order valence-electron chi connectivity index (χ3n) is 7.98. The van der Waals surface area contributed by atoms with Gasteiger partial charge < -0.3 is 14.6 Å². The van der Waals surface area contributed by atoms with Gasteiger partial charge in [0.2, 0.25) is 0 Å². The Kier molecular flexibility index (Phi) is 5.09. The van der Waals surface area contributed by atoms with Gasteiger partial charge in [0, 0.05) is 18.3 Å². The Morgan fingerprint density at radius 1 is 1.14 bits per heavy atom. The summed E-state index contributed by atoms with van der Waals surface area (Å²) in [6.07, 6.45) is 0.956. The molecule has 36 heavy (non-hydrogen) atoms. The monoisotopic (exact) mass is 496 g/mol. The van der Waals surface area contributed by atoms with Crippen LogP contribution in [-0.4, -0.2) is 25.8 Å². The SMILES string of the molecule is CC1CC(c2cc(C3CC3)cc(N3Cc4c(cc(CO)cc4C(F)(F)F)C3=O)c2)(c2nncn2C)C1. The van der Waals surface area contributed by atoms with Crippen molar-refractivity contribution in [2.24, 2.45) is 13.0 Å². The highest BCUT2D eigenvalue weighted by Gasteiger charge is 2.49. The summed E-state index contributed by atoms with van der Waals surface area (Å²) in [4.78, 5) is 14.9. The predicted octanol–water partition coefficient (Wildman–Crippen LogP) is 5.08. The number of aliphatic hydroxyl groups excluding tert-OH is 1. The lowest BCUT2D eigenvalue weighted by Gasteiger charge is -2.46. The summed E-state index contributed by atoms with van der Waals surface area (Å²) in [5, 5.41) is 18.0. The molecule has 0 saturated heterocycles. The number of benzene rings is 2. The molecule has 2 fully saturated rings. The van der Waals surface area contributed by atoms with Crippen LogP contribution >= 0.6 is 0 Å². The average molecular weight is 497 g/mol. The molecule has 188 valence electrons. The normalized spacial score (nSPS) is 23.7. The van der Waals surface area contributed by atoms with Crippen LogP contribution < -0.4 is 4.90 Å². The second-order valence-electron chi connectivity index (χ2n) is 10.7. The average Bonchev–Trinajstić information content (AvgIpc) is 3.51. The van der Waals surface area contributed by atoms with E-state index in [1.165, 1.54) is 11.0 Å². The molecule has 3 aliphatic rings. The van der Waals surface area contributed by atoms with Crippen molar-refractivity contribution in [2.45, 2.75) is 63.3 Å². The van der Waals surface area contributed by atoms with Crippen LogP contribution in [0.25, 0.3) is 0 Å². The summed E-state index contributed by atoms with van der Waals surface area (Å²) in [7, 11) is 1.92. The molecule has 1 N–H and O–H groups in total. The molecule has 6 nitrogen and oxygen atoms in total. The van der Waals surface area contributed by atoms with Gasteiger partial charge in [0.15, 0.2) is 0 Å². The third-order valence-corrected chi connectivity index (χ3v) is 7.98. The molecule has 0 spiro atoms. The highest BCUT2D eigenvalue weighted by molar-refractivity contribution is 6.10. The first-order valence-electron chi connectivity index (χ1n) is 12.3. The molecule has 1 aliphatic heterocycles. The zero-order valence-corrected chi connectivity index (χ0v) is 20.1. The van der Waals surface area contributed by atoms with Crippen molar-refractivity contribution in [1.29, 1.82) is 0 Å². The van der Waals surface area contributed by atoms with Crippen molar-refractivity contribution in [3.05, 3.63) is 75.9 Å². The number of carbonyl (C=O) groups is 1. The largest absolute Gasteiger partial charge is 0.416 e. The molecule has 2 saturated carbocycles. The number of anilines is 1. The molecule has 1 amide bonds. The zero-order chi connectivity index (χ0) is 25.4. The van der Waals surface area contributed by atoms with Crippen LogP contribution in [0.1, 0.15) is 82.5 Å². The molecule has 2 aromatic carbocycles. The van der Waals surface area contributed by atoms with Gasteiger partial charge in [-0.05, 0) is 84.0 Å². The third kappa shape index (κ3) is 3.55. The highest BCUT2D eigenvalue weighted by Crippen LogP contribution is 2.54. The van der Waals surface area contributed by atoms with Gasteiger partial charge in [-0.25, -0.2) is 0 Å². The van der Waals surface area contributed by atoms with Gasteiger partial charge in [-0.15, -0.1) is 10.2 Å². The standard InChI is InChI=1S/C27H27F3N4O2/c1-15-10-26(11-15,25-32-31-14-33(25)2)19-7-18(17-3-4-17)8-20(9-19)34-12-22-21(24(34)36)5-16(13-35)6-23(22)27(28,29)30/h5-9,14-15,17,35H,3-4,10-13H2,1-2H3. The minimum absolute atomic E-state index is 0.00697. The first-order chi connectivity index (χ1) is 17.1. The number of rotatable bonds is 5. The smallest absolute Gasteiger partial charge is 0.392 e. The second kappa shape index (κ2) is 7.90. The Morgan fingerprint density at radius 3 is 2.47 bits per heavy atom. The van der Waals surface area contributed by atoms with E-state index in [4.69, 9.17) is 0 Å². The Hall–Kier alpha value is -3.20. The minimum atomic E-state index is -4.62. The molecule has 6 rings (SSSR count). The van der Waals surface area contributed by atoms with Gasteiger partial charge in [-0.1, -0.05) is 13.0 Å². The van der Waals surface area contributed by atoms with Crippen LogP contribution in [0.5, 0.6) is 0 Å². The van der Waals surface area contributed by atoms with Crippen LogP contribution in [0.3, 0.4) is 0 Å². The molecule has 3 aromatic rings. The maximum absolute atomic E-state index is 13.9. The van der Waals surface area contributed by atoms with E-state index in [0.717, 1.165) is 48.7 Å². The summed E-state index contributed by atoms with van der Waals surface area (Å²) in [5.74, 6) is 1.28. The fourth-order valence-electron chi connectivity index (χ4n) is 6.13. The van der Waals surface area contributed by atoms with Gasteiger partial charge in [0.25, 0.3) is 5.91 Å². The highest BCUT2D eigenvalue weighted by atomic mass is 19.4. The molecule has 0 bridgehead atoms. The van der Waals surface area contributed by atoms with E-state index in [9.17, 15) is 23.1 Å². The predicted molar refractivity (Wildman–Crippen MR) is 126 cm³/mol. The van der Waals surface area contributed by atoms with E-state index in [-0.39, 0.29) is 28.7 Å². The summed E-state index contributed by atoms with van der Waals surface area (Å²) in [6.45, 7) is 1.47. The maximum Gasteiger partial charge on any atom is 0.416 e. The summed E-state index contributed by atoms with van der Waals surface area (Å²) in [6, 6.07) is 8.43. The number of alkyl halides is 3. The molecule has 1 aromatic heterocycles. The molecule has 9 heteroatoms. The van der Waals surface area contributed by atoms with Crippen molar-refractivity contribution in [3.8, 4) is 0 Å². The Bertz CT molecular complexity index is 1370. The number of aromatic nitrogens is 3. The number of halogens is 3. The van der Waals surface area contributed by atoms with E-state index in [1.54, 1.807) is 6.33 Å². The van der Waals surface area contributed by atoms with E-state index in [0.29, 0.717) is 17.5 Å². The van der Waals surface area contributed by atoms with Crippen molar-refractivity contribution in [2.75, 3.05) is 4.90 Å². The van der Waals surface area contributed by atoms with Gasteiger partial charge in [0.05, 0.1) is 24.1 Å². The molecule has 2 heterocycles. The number of aryl methyl sites for hydroxylation is 1. The van der Waals surface area contributed by atoms with Gasteiger partial charge >= 0.3 is 6.18 Å². The van der Waals surface area contributed by atoms with Crippen LogP contribution in [0.15, 0.2) is 36.7 Å². The number of aliphatic hydroxyl groups is 1. The molecule has 0 unspecified atom stereocenters. The fraction of sp³-hybridized carbons (Fsp3) is 0.444. The van der Waals surface area contributed by atoms with Crippen molar-refractivity contribution >= 4 is 11.6 Å². The van der Waals surface area contributed by atoms with Gasteiger partial charge in [0.1, 0.15) is 12.2 Å². The maximum atomic E-state index is 13.9. The van der Waals surface area contributed by atoms with E-state index in [2.05, 4.69) is 23.2 Å². The number of amides is 1. The van der Waals surface area contributed by atoms with Gasteiger partial charge in [-0.2, -0.15) is 13.2 Å². The van der Waals surface area contributed by atoms with E-state index < -0.39 is 24.3 Å². The van der Waals surface area contributed by atoms with Crippen LogP contribution in [-0.2, 0) is 31.8 Å². The Balaban J connectivity index is 1.47. The lowest BCUT2D eigenvalue weighted by atomic mass is 9.58. The summed E-state index contributed by atoms with van der Waals surface area (Å²) >= 11 is 0. The number of carbonyl (C=O) groups excluding carboxylic acids is 1. The number of nitrogens with zero attached hydrogens (tertiary/aromatic N) is 4. The lowest BCUT2D eigenvalue weighted by Crippen LogP contribution is -2.43. The zero-order valence-electron chi connectivity index (χ0n) is 20.1. The molecule has 2 aliphatic carbocycles. The molecule has 0 radical (unpaired) electrons. The second-order valence-corrected chi connectivity index (χ2v) is 10.7. The quantitative estimate of drug-likeness (QED) is 0.535.